The van der Waals surface area contributed by atoms with Gasteiger partial charge in [-0.2, -0.15) is 0 Å². The summed E-state index contributed by atoms with van der Waals surface area (Å²) in [6.07, 6.45) is 2.05. The van der Waals surface area contributed by atoms with Gasteiger partial charge in [0.2, 0.25) is 0 Å². The highest BCUT2D eigenvalue weighted by Gasteiger charge is 2.34. The average molecular weight is 168 g/mol. The van der Waals surface area contributed by atoms with Crippen molar-refractivity contribution >= 4 is 0 Å². The van der Waals surface area contributed by atoms with E-state index in [0.717, 1.165) is 13.1 Å². The van der Waals surface area contributed by atoms with E-state index in [1.807, 2.05) is 0 Å². The van der Waals surface area contributed by atoms with Crippen LogP contribution in [0.2, 0.25) is 0 Å². The monoisotopic (exact) mass is 168 g/mol. The molecule has 0 amide bonds. The Balaban J connectivity index is 2.73. The smallest absolute Gasteiger partial charge is 0.0485 e. The highest BCUT2D eigenvalue weighted by Crippen LogP contribution is 2.22. The zero-order valence-corrected chi connectivity index (χ0v) is 8.67. The summed E-state index contributed by atoms with van der Waals surface area (Å²) in [5, 5.41) is 0. The van der Waals surface area contributed by atoms with Crippen LogP contribution in [0.4, 0.5) is 0 Å². The van der Waals surface area contributed by atoms with Gasteiger partial charge in [0.05, 0.1) is 0 Å². The van der Waals surface area contributed by atoms with Gasteiger partial charge in [-0.25, -0.2) is 0 Å². The molecule has 0 N–H and O–H groups in total. The molecular weight excluding hydrogens is 148 g/mol. The maximum atomic E-state index is 3.90. The fourth-order valence-corrected chi connectivity index (χ4v) is 1.75. The SMILES string of the molecule is C=C[C@@]1(C)CN(C)[C@@H](C)CN1C. The summed E-state index contributed by atoms with van der Waals surface area (Å²) in [4.78, 5) is 4.77. The average Bonchev–Trinajstić information content (AvgIpc) is 2.01. The van der Waals surface area contributed by atoms with Crippen LogP contribution < -0.4 is 0 Å². The lowest BCUT2D eigenvalue weighted by atomic mass is 9.95. The number of piperazine rings is 1. The van der Waals surface area contributed by atoms with E-state index in [1.54, 1.807) is 0 Å². The van der Waals surface area contributed by atoms with Crippen LogP contribution in [-0.4, -0.2) is 48.6 Å². The number of hydrogen-bond acceptors (Lipinski definition) is 2. The second-order valence-corrected chi connectivity index (χ2v) is 4.21. The molecule has 0 unspecified atom stereocenters. The van der Waals surface area contributed by atoms with Crippen molar-refractivity contribution in [3.8, 4) is 0 Å². The molecule has 0 aromatic carbocycles. The van der Waals surface area contributed by atoms with E-state index in [-0.39, 0.29) is 5.54 Å². The maximum absolute atomic E-state index is 3.90. The normalized spacial score (nSPS) is 39.8. The van der Waals surface area contributed by atoms with Crippen LogP contribution in [-0.2, 0) is 0 Å². The molecule has 1 fully saturated rings. The van der Waals surface area contributed by atoms with Crippen molar-refractivity contribution in [3.63, 3.8) is 0 Å². The molecule has 0 bridgehead atoms. The summed E-state index contributed by atoms with van der Waals surface area (Å²) < 4.78 is 0. The first-order valence-corrected chi connectivity index (χ1v) is 4.54. The summed E-state index contributed by atoms with van der Waals surface area (Å²) in [5.74, 6) is 0. The predicted octanol–water partition coefficient (Wildman–Crippen LogP) is 1.20. The highest BCUT2D eigenvalue weighted by atomic mass is 15.3. The highest BCUT2D eigenvalue weighted by molar-refractivity contribution is 5.05. The Morgan fingerprint density at radius 2 is 2.08 bits per heavy atom. The van der Waals surface area contributed by atoms with Crippen molar-refractivity contribution in [2.75, 3.05) is 27.2 Å². The van der Waals surface area contributed by atoms with Crippen LogP contribution in [0.5, 0.6) is 0 Å². The van der Waals surface area contributed by atoms with E-state index in [2.05, 4.69) is 50.4 Å². The molecule has 0 saturated carbocycles. The summed E-state index contributed by atoms with van der Waals surface area (Å²) in [5.41, 5.74) is 0.154. The molecule has 1 aliphatic heterocycles. The van der Waals surface area contributed by atoms with E-state index in [0.29, 0.717) is 6.04 Å². The Labute approximate surface area is 75.8 Å². The lowest BCUT2D eigenvalue weighted by Gasteiger charge is -2.47. The third-order valence-electron chi connectivity index (χ3n) is 3.17. The lowest BCUT2D eigenvalue weighted by molar-refractivity contribution is 0.0377. The van der Waals surface area contributed by atoms with Crippen LogP contribution in [0.15, 0.2) is 12.7 Å². The molecule has 0 aromatic heterocycles. The topological polar surface area (TPSA) is 6.48 Å². The molecule has 2 nitrogen and oxygen atoms in total. The van der Waals surface area contributed by atoms with Gasteiger partial charge in [0, 0.05) is 24.7 Å². The first-order chi connectivity index (χ1) is 5.49. The van der Waals surface area contributed by atoms with Crippen LogP contribution in [0.3, 0.4) is 0 Å². The minimum atomic E-state index is 0.154. The quantitative estimate of drug-likeness (QED) is 0.543. The molecule has 2 atom stereocenters. The summed E-state index contributed by atoms with van der Waals surface area (Å²) >= 11 is 0. The Kier molecular flexibility index (Phi) is 2.59. The third kappa shape index (κ3) is 1.54. The van der Waals surface area contributed by atoms with Crippen molar-refractivity contribution in [1.29, 1.82) is 0 Å². The van der Waals surface area contributed by atoms with Crippen molar-refractivity contribution < 1.29 is 0 Å². The number of nitrogens with zero attached hydrogens (tertiary/aromatic N) is 2. The molecule has 1 saturated heterocycles. The van der Waals surface area contributed by atoms with Crippen molar-refractivity contribution in [3.05, 3.63) is 12.7 Å². The van der Waals surface area contributed by atoms with Gasteiger partial charge in [-0.15, -0.1) is 6.58 Å². The Morgan fingerprint density at radius 3 is 2.58 bits per heavy atom. The third-order valence-corrected chi connectivity index (χ3v) is 3.17. The van der Waals surface area contributed by atoms with E-state index >= 15 is 0 Å². The molecule has 2 heteroatoms. The predicted molar refractivity (Wildman–Crippen MR) is 53.3 cm³/mol. The molecule has 70 valence electrons. The summed E-state index contributed by atoms with van der Waals surface area (Å²) in [6, 6.07) is 0.656. The van der Waals surface area contributed by atoms with E-state index < -0.39 is 0 Å². The molecule has 0 spiro atoms. The lowest BCUT2D eigenvalue weighted by Crippen LogP contribution is -2.60. The largest absolute Gasteiger partial charge is 0.300 e. The fourth-order valence-electron chi connectivity index (χ4n) is 1.75. The zero-order chi connectivity index (χ0) is 9.35. The van der Waals surface area contributed by atoms with Gasteiger partial charge in [-0.1, -0.05) is 6.08 Å². The second-order valence-electron chi connectivity index (χ2n) is 4.21. The first-order valence-electron chi connectivity index (χ1n) is 4.54. The number of likely N-dealkylation sites (N-methyl/N-ethyl adjacent to an activating group) is 2. The maximum Gasteiger partial charge on any atom is 0.0485 e. The standard InChI is InChI=1S/C10H20N2/c1-6-10(3)8-11(4)9(2)7-12(10)5/h6,9H,1,7-8H2,2-5H3/t9-,10-/m0/s1. The Bertz CT molecular complexity index is 179. The molecule has 0 aliphatic carbocycles. The molecule has 0 radical (unpaired) electrons. The van der Waals surface area contributed by atoms with Gasteiger partial charge >= 0.3 is 0 Å². The van der Waals surface area contributed by atoms with Gasteiger partial charge in [-0.3, -0.25) is 4.90 Å². The first kappa shape index (κ1) is 9.75. The van der Waals surface area contributed by atoms with E-state index in [4.69, 9.17) is 0 Å². The molecular formula is C10H20N2. The summed E-state index contributed by atoms with van der Waals surface area (Å²) in [7, 11) is 4.35. The van der Waals surface area contributed by atoms with Crippen molar-refractivity contribution in [1.82, 2.24) is 9.80 Å². The second kappa shape index (κ2) is 3.19. The Morgan fingerprint density at radius 1 is 1.50 bits per heavy atom. The van der Waals surface area contributed by atoms with Crippen LogP contribution >= 0.6 is 0 Å². The molecule has 1 heterocycles. The molecule has 12 heavy (non-hydrogen) atoms. The van der Waals surface area contributed by atoms with E-state index in [1.165, 1.54) is 0 Å². The van der Waals surface area contributed by atoms with Crippen LogP contribution in [0.1, 0.15) is 13.8 Å². The Hall–Kier alpha value is -0.340. The fraction of sp³-hybridized carbons (Fsp3) is 0.800. The van der Waals surface area contributed by atoms with Crippen LogP contribution in [0, 0.1) is 0 Å². The molecule has 1 rings (SSSR count). The van der Waals surface area contributed by atoms with Gasteiger partial charge in [0.25, 0.3) is 0 Å². The van der Waals surface area contributed by atoms with Crippen LogP contribution in [0.25, 0.3) is 0 Å². The minimum absolute atomic E-state index is 0.154. The zero-order valence-electron chi connectivity index (χ0n) is 8.67. The van der Waals surface area contributed by atoms with Gasteiger partial charge in [0.1, 0.15) is 0 Å². The number of rotatable bonds is 1. The van der Waals surface area contributed by atoms with Crippen molar-refractivity contribution in [2.45, 2.75) is 25.4 Å². The number of hydrogen-bond donors (Lipinski definition) is 0. The summed E-state index contributed by atoms with van der Waals surface area (Å²) in [6.45, 7) is 10.6. The molecule has 1 aliphatic rings. The van der Waals surface area contributed by atoms with Gasteiger partial charge < -0.3 is 4.90 Å². The van der Waals surface area contributed by atoms with Crippen molar-refractivity contribution in [2.24, 2.45) is 0 Å². The minimum Gasteiger partial charge on any atom is -0.300 e. The van der Waals surface area contributed by atoms with E-state index in [9.17, 15) is 0 Å². The van der Waals surface area contributed by atoms with Gasteiger partial charge in [0.15, 0.2) is 0 Å². The van der Waals surface area contributed by atoms with Gasteiger partial charge in [-0.05, 0) is 27.9 Å². The molecule has 0 aromatic rings.